The second kappa shape index (κ2) is 15.3. The predicted molar refractivity (Wildman–Crippen MR) is 142 cm³/mol. The molecule has 1 aromatic carbocycles. The zero-order valence-corrected chi connectivity index (χ0v) is 21.0. The van der Waals surface area contributed by atoms with Crippen molar-refractivity contribution in [3.8, 4) is 5.75 Å². The van der Waals surface area contributed by atoms with Gasteiger partial charge in [0, 0.05) is 44.2 Å². The molecule has 7 N–H and O–H groups in total. The van der Waals surface area contributed by atoms with Gasteiger partial charge in [-0.1, -0.05) is 24.8 Å². The number of phenolic OH excluding ortho intramolecular Hbond substituents is 1. The molecule has 1 aromatic heterocycles. The molecule has 0 spiro atoms. The Morgan fingerprint density at radius 1 is 1.11 bits per heavy atom. The van der Waals surface area contributed by atoms with Crippen LogP contribution < -0.4 is 27.0 Å². The molecule has 1 fully saturated rings. The van der Waals surface area contributed by atoms with E-state index in [1.54, 1.807) is 12.1 Å². The third-order valence-electron chi connectivity index (χ3n) is 6.16. The van der Waals surface area contributed by atoms with Crippen molar-refractivity contribution in [3.63, 3.8) is 0 Å². The molecule has 2 unspecified atom stereocenters. The maximum absolute atomic E-state index is 12.1. The SMILES string of the molecule is C=Cc1cccc(COC(Cc2ccc(O)c(C3CCNCCNCCCNCCN3)c2)C(N)=O)n1. The highest BCUT2D eigenvalue weighted by Gasteiger charge is 2.20. The average Bonchev–Trinajstić information content (AvgIpc) is 2.88. The van der Waals surface area contributed by atoms with Crippen molar-refractivity contribution >= 4 is 12.0 Å². The van der Waals surface area contributed by atoms with Gasteiger partial charge in [0.15, 0.2) is 0 Å². The second-order valence-corrected chi connectivity index (χ2v) is 8.96. The summed E-state index contributed by atoms with van der Waals surface area (Å²) in [5.74, 6) is -0.307. The van der Waals surface area contributed by atoms with Crippen molar-refractivity contribution in [1.82, 2.24) is 26.3 Å². The molecule has 9 heteroatoms. The normalized spacial score (nSPS) is 19.2. The summed E-state index contributed by atoms with van der Waals surface area (Å²) in [4.78, 5) is 16.6. The lowest BCUT2D eigenvalue weighted by Crippen LogP contribution is -2.36. The number of phenols is 1. The Hall–Kier alpha value is -2.82. The van der Waals surface area contributed by atoms with Crippen LogP contribution in [0.5, 0.6) is 5.75 Å². The van der Waals surface area contributed by atoms with E-state index >= 15 is 0 Å². The largest absolute Gasteiger partial charge is 0.508 e. The van der Waals surface area contributed by atoms with E-state index in [0.717, 1.165) is 75.5 Å². The fraction of sp³-hybridized carbons (Fsp3) is 0.481. The number of nitrogens with zero attached hydrogens (tertiary/aromatic N) is 1. The minimum Gasteiger partial charge on any atom is -0.508 e. The topological polar surface area (TPSA) is 134 Å². The molecule has 1 saturated heterocycles. The Morgan fingerprint density at radius 3 is 2.61 bits per heavy atom. The smallest absolute Gasteiger partial charge is 0.246 e. The first-order chi connectivity index (χ1) is 17.6. The number of carbonyl (C=O) groups excluding carboxylic acids is 1. The predicted octanol–water partition coefficient (Wildman–Crippen LogP) is 1.24. The maximum Gasteiger partial charge on any atom is 0.246 e. The van der Waals surface area contributed by atoms with E-state index in [1.165, 1.54) is 0 Å². The molecule has 1 amide bonds. The Bertz CT molecular complexity index is 956. The van der Waals surface area contributed by atoms with Gasteiger partial charge in [-0.3, -0.25) is 9.78 Å². The number of aromatic hydroxyl groups is 1. The summed E-state index contributed by atoms with van der Waals surface area (Å²) in [7, 11) is 0. The number of pyridine rings is 1. The van der Waals surface area contributed by atoms with E-state index in [1.807, 2.05) is 30.3 Å². The number of nitrogens with two attached hydrogens (primary N) is 1. The number of primary amides is 1. The summed E-state index contributed by atoms with van der Waals surface area (Å²) in [6.45, 7) is 10.2. The van der Waals surface area contributed by atoms with Crippen molar-refractivity contribution in [2.24, 2.45) is 5.73 Å². The third kappa shape index (κ3) is 9.33. The standard InChI is InChI=1S/C27H40N6O3/c1-2-21-5-3-6-22(33-21)19-36-26(27(28)35)18-20-7-8-25(34)23(17-20)24-9-12-31-14-13-29-10-4-11-30-15-16-32-24/h2-3,5-8,17,24,26,29-32,34H,1,4,9-16,18-19H2,(H2,28,35). The number of carbonyl (C=O) groups is 1. The van der Waals surface area contributed by atoms with Gasteiger partial charge in [-0.2, -0.15) is 0 Å². The molecule has 2 aromatic rings. The number of nitrogens with one attached hydrogen (secondary N) is 4. The van der Waals surface area contributed by atoms with Crippen LogP contribution in [0, 0.1) is 0 Å². The van der Waals surface area contributed by atoms with E-state index in [-0.39, 0.29) is 18.4 Å². The van der Waals surface area contributed by atoms with E-state index in [0.29, 0.717) is 12.1 Å². The van der Waals surface area contributed by atoms with E-state index in [9.17, 15) is 9.90 Å². The number of hydrogen-bond acceptors (Lipinski definition) is 8. The number of benzene rings is 1. The van der Waals surface area contributed by atoms with Gasteiger partial charge in [0.1, 0.15) is 11.9 Å². The van der Waals surface area contributed by atoms with Gasteiger partial charge in [-0.05, 0) is 62.3 Å². The first-order valence-corrected chi connectivity index (χ1v) is 12.7. The van der Waals surface area contributed by atoms with Crippen molar-refractivity contribution in [3.05, 3.63) is 65.5 Å². The van der Waals surface area contributed by atoms with Gasteiger partial charge in [-0.15, -0.1) is 0 Å². The molecule has 3 rings (SSSR count). The third-order valence-corrected chi connectivity index (χ3v) is 6.16. The highest BCUT2D eigenvalue weighted by Crippen LogP contribution is 2.28. The maximum atomic E-state index is 12.1. The quantitative estimate of drug-likeness (QED) is 0.322. The molecule has 0 aliphatic carbocycles. The van der Waals surface area contributed by atoms with Crippen LogP contribution in [0.1, 0.15) is 41.4 Å². The highest BCUT2D eigenvalue weighted by atomic mass is 16.5. The molecule has 196 valence electrons. The van der Waals surface area contributed by atoms with Gasteiger partial charge < -0.3 is 36.8 Å². The molecular formula is C27H40N6O3. The van der Waals surface area contributed by atoms with E-state index in [2.05, 4.69) is 32.8 Å². The minimum absolute atomic E-state index is 0.0334. The molecule has 9 nitrogen and oxygen atoms in total. The number of ether oxygens (including phenoxy) is 1. The van der Waals surface area contributed by atoms with Crippen LogP contribution in [-0.4, -0.2) is 67.9 Å². The number of amides is 1. The highest BCUT2D eigenvalue weighted by molar-refractivity contribution is 5.79. The van der Waals surface area contributed by atoms with Crippen LogP contribution in [-0.2, 0) is 22.6 Å². The zero-order valence-electron chi connectivity index (χ0n) is 21.0. The lowest BCUT2D eigenvalue weighted by molar-refractivity contribution is -0.130. The first kappa shape index (κ1) is 27.8. The van der Waals surface area contributed by atoms with Crippen molar-refractivity contribution in [2.75, 3.05) is 45.8 Å². The summed E-state index contributed by atoms with van der Waals surface area (Å²) >= 11 is 0. The molecule has 2 heterocycles. The zero-order chi connectivity index (χ0) is 25.6. The monoisotopic (exact) mass is 496 g/mol. The van der Waals surface area contributed by atoms with Gasteiger partial charge in [0.25, 0.3) is 0 Å². The first-order valence-electron chi connectivity index (χ1n) is 12.7. The van der Waals surface area contributed by atoms with Crippen LogP contribution in [0.3, 0.4) is 0 Å². The summed E-state index contributed by atoms with van der Waals surface area (Å²) < 4.78 is 5.85. The number of rotatable bonds is 8. The minimum atomic E-state index is -0.813. The fourth-order valence-corrected chi connectivity index (χ4v) is 4.18. The van der Waals surface area contributed by atoms with Crippen LogP contribution in [0.4, 0.5) is 0 Å². The molecule has 1 aliphatic rings. The average molecular weight is 497 g/mol. The summed E-state index contributed by atoms with van der Waals surface area (Å²) in [5, 5.41) is 24.6. The van der Waals surface area contributed by atoms with Gasteiger partial charge in [0.2, 0.25) is 5.91 Å². The van der Waals surface area contributed by atoms with Crippen LogP contribution in [0.25, 0.3) is 6.08 Å². The molecule has 0 radical (unpaired) electrons. The van der Waals surface area contributed by atoms with Crippen molar-refractivity contribution < 1.29 is 14.6 Å². The van der Waals surface area contributed by atoms with Crippen molar-refractivity contribution in [2.45, 2.75) is 38.0 Å². The Morgan fingerprint density at radius 2 is 1.86 bits per heavy atom. The molecular weight excluding hydrogens is 456 g/mol. The van der Waals surface area contributed by atoms with Crippen LogP contribution in [0.15, 0.2) is 43.0 Å². The second-order valence-electron chi connectivity index (χ2n) is 8.96. The van der Waals surface area contributed by atoms with Gasteiger partial charge in [0.05, 0.1) is 18.0 Å². The van der Waals surface area contributed by atoms with Crippen LogP contribution in [0.2, 0.25) is 0 Å². The number of hydrogen-bond donors (Lipinski definition) is 6. The number of aromatic nitrogens is 1. The molecule has 36 heavy (non-hydrogen) atoms. The van der Waals surface area contributed by atoms with Crippen molar-refractivity contribution in [1.29, 1.82) is 0 Å². The van der Waals surface area contributed by atoms with Crippen LogP contribution >= 0.6 is 0 Å². The Kier molecular flexibility index (Phi) is 11.8. The van der Waals surface area contributed by atoms with E-state index < -0.39 is 12.0 Å². The summed E-state index contributed by atoms with van der Waals surface area (Å²) in [6.07, 6.45) is 3.06. The summed E-state index contributed by atoms with van der Waals surface area (Å²) in [5.41, 5.74) is 8.78. The lowest BCUT2D eigenvalue weighted by Gasteiger charge is -2.23. The lowest BCUT2D eigenvalue weighted by atomic mass is 9.97. The molecule has 0 bridgehead atoms. The van der Waals surface area contributed by atoms with Gasteiger partial charge in [-0.25, -0.2) is 0 Å². The summed E-state index contributed by atoms with van der Waals surface area (Å²) in [6, 6.07) is 11.0. The molecule has 1 aliphatic heterocycles. The Balaban J connectivity index is 1.67. The fourth-order valence-electron chi connectivity index (χ4n) is 4.18. The molecule has 2 atom stereocenters. The Labute approximate surface area is 213 Å². The van der Waals surface area contributed by atoms with Gasteiger partial charge >= 0.3 is 0 Å². The molecule has 0 saturated carbocycles. The van der Waals surface area contributed by atoms with E-state index in [4.69, 9.17) is 10.5 Å².